The SMILES string of the molecule is c1ccc(-c2cc(-c3ccccc3)cc(-c3nc(-c4ccccc4)nc(-c4cccc5c4Oc4ccccc4C54c5ccccc5-c5ccccc54)n3)c2)cc1. The lowest BCUT2D eigenvalue weighted by Crippen LogP contribution is -2.32. The number of hydrogen-bond donors (Lipinski definition) is 0. The molecule has 9 aromatic rings. The van der Waals surface area contributed by atoms with Crippen LogP contribution in [-0.4, -0.2) is 15.0 Å². The Hall–Kier alpha value is -7.43. The van der Waals surface area contributed by atoms with Gasteiger partial charge in [0, 0.05) is 22.3 Å². The molecule has 56 heavy (non-hydrogen) atoms. The molecular formula is C52H33N3O. The van der Waals surface area contributed by atoms with E-state index in [0.717, 1.165) is 61.6 Å². The Labute approximate surface area is 325 Å². The van der Waals surface area contributed by atoms with Gasteiger partial charge in [-0.3, -0.25) is 0 Å². The lowest BCUT2D eigenvalue weighted by atomic mass is 9.66. The number of hydrogen-bond acceptors (Lipinski definition) is 4. The third kappa shape index (κ3) is 4.96. The van der Waals surface area contributed by atoms with E-state index in [-0.39, 0.29) is 0 Å². The summed E-state index contributed by atoms with van der Waals surface area (Å²) in [5, 5.41) is 0. The van der Waals surface area contributed by atoms with Crippen LogP contribution in [0.2, 0.25) is 0 Å². The highest BCUT2D eigenvalue weighted by Gasteiger charge is 2.51. The highest BCUT2D eigenvalue weighted by Crippen LogP contribution is 2.63. The summed E-state index contributed by atoms with van der Waals surface area (Å²) in [5.41, 5.74) is 13.6. The van der Waals surface area contributed by atoms with Crippen molar-refractivity contribution >= 4 is 0 Å². The minimum atomic E-state index is -0.597. The van der Waals surface area contributed by atoms with Crippen molar-refractivity contribution in [2.24, 2.45) is 0 Å². The van der Waals surface area contributed by atoms with E-state index in [1.807, 2.05) is 48.5 Å². The van der Waals surface area contributed by atoms with Gasteiger partial charge in [-0.1, -0.05) is 170 Å². The Kier molecular flexibility index (Phi) is 7.36. The summed E-state index contributed by atoms with van der Waals surface area (Å²) in [6.45, 7) is 0. The number of aromatic nitrogens is 3. The summed E-state index contributed by atoms with van der Waals surface area (Å²) in [5.74, 6) is 3.29. The molecule has 8 aromatic carbocycles. The maximum Gasteiger partial charge on any atom is 0.167 e. The highest BCUT2D eigenvalue weighted by atomic mass is 16.5. The zero-order valence-electron chi connectivity index (χ0n) is 30.3. The Morgan fingerprint density at radius 3 is 1.34 bits per heavy atom. The third-order valence-electron chi connectivity index (χ3n) is 11.2. The monoisotopic (exact) mass is 715 g/mol. The van der Waals surface area contributed by atoms with E-state index in [4.69, 9.17) is 19.7 Å². The van der Waals surface area contributed by atoms with Crippen molar-refractivity contribution in [1.82, 2.24) is 15.0 Å². The molecule has 1 aliphatic carbocycles. The molecule has 1 aromatic heterocycles. The topological polar surface area (TPSA) is 47.9 Å². The molecule has 262 valence electrons. The molecule has 4 heteroatoms. The van der Waals surface area contributed by atoms with Gasteiger partial charge in [0.15, 0.2) is 17.5 Å². The Balaban J connectivity index is 1.17. The molecule has 0 saturated heterocycles. The smallest absolute Gasteiger partial charge is 0.167 e. The molecular weight excluding hydrogens is 683 g/mol. The fourth-order valence-corrected chi connectivity index (χ4v) is 8.75. The van der Waals surface area contributed by atoms with E-state index in [0.29, 0.717) is 17.5 Å². The number of para-hydroxylation sites is 2. The van der Waals surface area contributed by atoms with E-state index < -0.39 is 5.41 Å². The first kappa shape index (κ1) is 32.0. The van der Waals surface area contributed by atoms with E-state index in [1.165, 1.54) is 22.3 Å². The molecule has 2 aliphatic rings. The van der Waals surface area contributed by atoms with Gasteiger partial charge >= 0.3 is 0 Å². The van der Waals surface area contributed by atoms with Gasteiger partial charge < -0.3 is 4.74 Å². The molecule has 2 heterocycles. The zero-order chi connectivity index (χ0) is 37.1. The highest BCUT2D eigenvalue weighted by molar-refractivity contribution is 5.90. The van der Waals surface area contributed by atoms with Gasteiger partial charge in [-0.25, -0.2) is 15.0 Å². The second kappa shape index (κ2) is 12.9. The van der Waals surface area contributed by atoms with Gasteiger partial charge in [-0.15, -0.1) is 0 Å². The summed E-state index contributed by atoms with van der Waals surface area (Å²) in [6.07, 6.45) is 0. The van der Waals surface area contributed by atoms with E-state index >= 15 is 0 Å². The van der Waals surface area contributed by atoms with E-state index in [9.17, 15) is 0 Å². The molecule has 0 saturated carbocycles. The first-order valence-electron chi connectivity index (χ1n) is 18.9. The van der Waals surface area contributed by atoms with Crippen LogP contribution in [0.25, 0.3) is 67.5 Å². The van der Waals surface area contributed by atoms with Gasteiger partial charge in [0.1, 0.15) is 11.5 Å². The average molecular weight is 716 g/mol. The zero-order valence-corrected chi connectivity index (χ0v) is 30.3. The van der Waals surface area contributed by atoms with Crippen LogP contribution in [0.3, 0.4) is 0 Å². The summed E-state index contributed by atoms with van der Waals surface area (Å²) in [6, 6.07) is 70.1. The second-order valence-corrected chi connectivity index (χ2v) is 14.3. The quantitative estimate of drug-likeness (QED) is 0.178. The van der Waals surface area contributed by atoms with Crippen molar-refractivity contribution < 1.29 is 4.74 Å². The van der Waals surface area contributed by atoms with Crippen molar-refractivity contribution in [1.29, 1.82) is 0 Å². The van der Waals surface area contributed by atoms with Crippen LogP contribution in [0.4, 0.5) is 0 Å². The molecule has 4 nitrogen and oxygen atoms in total. The van der Waals surface area contributed by atoms with Gasteiger partial charge in [0.05, 0.1) is 11.0 Å². The molecule has 0 N–H and O–H groups in total. The third-order valence-corrected chi connectivity index (χ3v) is 11.2. The minimum Gasteiger partial charge on any atom is -0.456 e. The van der Waals surface area contributed by atoms with Crippen LogP contribution in [0.15, 0.2) is 200 Å². The minimum absolute atomic E-state index is 0.547. The fraction of sp³-hybridized carbons (Fsp3) is 0.0192. The summed E-state index contributed by atoms with van der Waals surface area (Å²) < 4.78 is 7.02. The van der Waals surface area contributed by atoms with Crippen LogP contribution in [0, 0.1) is 0 Å². The predicted octanol–water partition coefficient (Wildman–Crippen LogP) is 12.7. The Bertz CT molecular complexity index is 2840. The first-order chi connectivity index (χ1) is 27.8. The van der Waals surface area contributed by atoms with E-state index in [2.05, 4.69) is 152 Å². The normalized spacial score (nSPS) is 12.9. The predicted molar refractivity (Wildman–Crippen MR) is 224 cm³/mol. The summed E-state index contributed by atoms with van der Waals surface area (Å²) in [4.78, 5) is 15.7. The number of rotatable bonds is 5. The van der Waals surface area contributed by atoms with Crippen molar-refractivity contribution in [3.8, 4) is 79.0 Å². The van der Waals surface area contributed by atoms with Crippen LogP contribution in [-0.2, 0) is 5.41 Å². The van der Waals surface area contributed by atoms with Crippen LogP contribution < -0.4 is 4.74 Å². The van der Waals surface area contributed by atoms with Crippen LogP contribution in [0.5, 0.6) is 11.5 Å². The number of benzene rings is 8. The maximum atomic E-state index is 7.02. The molecule has 0 fully saturated rings. The van der Waals surface area contributed by atoms with E-state index in [1.54, 1.807) is 0 Å². The molecule has 0 bridgehead atoms. The molecule has 0 radical (unpaired) electrons. The number of fused-ring (bicyclic) bond motifs is 9. The van der Waals surface area contributed by atoms with Gasteiger partial charge in [-0.2, -0.15) is 0 Å². The standard InChI is InChI=1S/C52H33N3O/c1-4-17-34(18-5-1)37-31-38(35-19-6-2-7-20-35)33-39(32-37)50-53-49(36-21-8-3-9-22-36)54-51(55-50)42-25-16-29-46-48(42)56-47-30-15-14-28-45(47)52(46)43-26-12-10-23-40(43)41-24-11-13-27-44(41)52/h1-33H. The first-order valence-corrected chi connectivity index (χ1v) is 18.9. The lowest BCUT2D eigenvalue weighted by molar-refractivity contribution is 0.437. The number of ether oxygens (including phenoxy) is 1. The van der Waals surface area contributed by atoms with Gasteiger partial charge in [-0.05, 0) is 74.8 Å². The van der Waals surface area contributed by atoms with Crippen molar-refractivity contribution in [2.75, 3.05) is 0 Å². The second-order valence-electron chi connectivity index (χ2n) is 14.3. The van der Waals surface area contributed by atoms with Crippen LogP contribution in [0.1, 0.15) is 22.3 Å². The Morgan fingerprint density at radius 1 is 0.304 bits per heavy atom. The average Bonchev–Trinajstić information content (AvgIpc) is 3.57. The molecule has 1 spiro atoms. The van der Waals surface area contributed by atoms with Crippen molar-refractivity contribution in [3.63, 3.8) is 0 Å². The maximum absolute atomic E-state index is 7.02. The lowest BCUT2D eigenvalue weighted by Gasteiger charge is -2.39. The van der Waals surface area contributed by atoms with Crippen molar-refractivity contribution in [3.05, 3.63) is 222 Å². The molecule has 0 unspecified atom stereocenters. The Morgan fingerprint density at radius 2 is 0.732 bits per heavy atom. The molecule has 1 aliphatic heterocycles. The largest absolute Gasteiger partial charge is 0.456 e. The number of nitrogens with zero attached hydrogens (tertiary/aromatic N) is 3. The van der Waals surface area contributed by atoms with Crippen molar-refractivity contribution in [2.45, 2.75) is 5.41 Å². The summed E-state index contributed by atoms with van der Waals surface area (Å²) in [7, 11) is 0. The molecule has 0 atom stereocenters. The van der Waals surface area contributed by atoms with Crippen LogP contribution >= 0.6 is 0 Å². The van der Waals surface area contributed by atoms with Gasteiger partial charge in [0.2, 0.25) is 0 Å². The molecule has 11 rings (SSSR count). The fourth-order valence-electron chi connectivity index (χ4n) is 8.75. The van der Waals surface area contributed by atoms with Gasteiger partial charge in [0.25, 0.3) is 0 Å². The molecule has 0 amide bonds. The summed E-state index contributed by atoms with van der Waals surface area (Å²) >= 11 is 0.